The lowest BCUT2D eigenvalue weighted by Crippen LogP contribution is -2.70. The SMILES string of the molecule is CCc1ccc(Oc2ccc(Cl)cc2OCC2=C(C(=O)OC(c3ccccc3)c3ccccc3)N3C(=O)C(NC(=O)Cc4cccs4)C3SC2)c(Cl)c1. The third-order valence-electron chi connectivity index (χ3n) is 8.83. The summed E-state index contributed by atoms with van der Waals surface area (Å²) in [5, 5.41) is 5.14. The quantitative estimate of drug-likeness (QED) is 0.0941. The summed E-state index contributed by atoms with van der Waals surface area (Å²) in [5.74, 6) is 0.112. The number of nitrogens with zero attached hydrogens (tertiary/aromatic N) is 1. The van der Waals surface area contributed by atoms with Crippen molar-refractivity contribution in [3.63, 3.8) is 0 Å². The van der Waals surface area contributed by atoms with Gasteiger partial charge in [-0.3, -0.25) is 14.5 Å². The number of carbonyl (C=O) groups is 3. The van der Waals surface area contributed by atoms with E-state index in [1.807, 2.05) is 97.2 Å². The molecule has 0 spiro atoms. The third-order valence-corrected chi connectivity index (χ3v) is 11.6. The van der Waals surface area contributed by atoms with Crippen molar-refractivity contribution in [3.05, 3.63) is 157 Å². The molecule has 1 saturated heterocycles. The van der Waals surface area contributed by atoms with E-state index in [1.54, 1.807) is 24.3 Å². The largest absolute Gasteiger partial charge is 0.485 e. The molecule has 8 nitrogen and oxygen atoms in total. The number of fused-ring (bicyclic) bond motifs is 1. The molecule has 0 saturated carbocycles. The van der Waals surface area contributed by atoms with Gasteiger partial charge in [-0.15, -0.1) is 23.1 Å². The number of thioether (sulfide) groups is 1. The normalized spacial score (nSPS) is 16.5. The summed E-state index contributed by atoms with van der Waals surface area (Å²) in [6, 6.07) is 32.4. The number of hydrogen-bond donors (Lipinski definition) is 1. The minimum absolute atomic E-state index is 0.0795. The van der Waals surface area contributed by atoms with Gasteiger partial charge in [0, 0.05) is 27.3 Å². The Hall–Kier alpha value is -4.74. The van der Waals surface area contributed by atoms with Crippen LogP contribution in [0.15, 0.2) is 126 Å². The fourth-order valence-electron chi connectivity index (χ4n) is 6.14. The Morgan fingerprint density at radius 3 is 2.26 bits per heavy atom. The summed E-state index contributed by atoms with van der Waals surface area (Å²) < 4.78 is 18.8. The van der Waals surface area contributed by atoms with Gasteiger partial charge in [0.2, 0.25) is 5.91 Å². The number of ether oxygens (including phenoxy) is 3. The van der Waals surface area contributed by atoms with Gasteiger partial charge < -0.3 is 19.5 Å². The summed E-state index contributed by atoms with van der Waals surface area (Å²) in [6.07, 6.45) is 0.242. The van der Waals surface area contributed by atoms with Crippen LogP contribution in [0.3, 0.4) is 0 Å². The summed E-state index contributed by atoms with van der Waals surface area (Å²) in [7, 11) is 0. The smallest absolute Gasteiger partial charge is 0.356 e. The van der Waals surface area contributed by atoms with Gasteiger partial charge in [-0.05, 0) is 58.8 Å². The van der Waals surface area contributed by atoms with Crippen molar-refractivity contribution >= 4 is 64.1 Å². The molecule has 2 aliphatic rings. The molecule has 2 atom stereocenters. The summed E-state index contributed by atoms with van der Waals surface area (Å²) >= 11 is 15.8. The van der Waals surface area contributed by atoms with Gasteiger partial charge in [-0.2, -0.15) is 0 Å². The highest BCUT2D eigenvalue weighted by Gasteiger charge is 2.54. The fraction of sp³-hybridized carbons (Fsp3) is 0.195. The molecule has 1 fully saturated rings. The van der Waals surface area contributed by atoms with E-state index < -0.39 is 29.4 Å². The molecule has 0 radical (unpaired) electrons. The number of carbonyl (C=O) groups excluding carboxylic acids is 3. The van der Waals surface area contributed by atoms with E-state index in [-0.39, 0.29) is 24.6 Å². The van der Waals surface area contributed by atoms with Gasteiger partial charge in [0.25, 0.3) is 5.91 Å². The molecule has 53 heavy (non-hydrogen) atoms. The first-order valence-corrected chi connectivity index (χ1v) is 19.7. The topological polar surface area (TPSA) is 94.2 Å². The van der Waals surface area contributed by atoms with E-state index in [9.17, 15) is 14.4 Å². The van der Waals surface area contributed by atoms with E-state index in [1.165, 1.54) is 28.0 Å². The Morgan fingerprint density at radius 2 is 1.60 bits per heavy atom. The van der Waals surface area contributed by atoms with Crippen molar-refractivity contribution in [1.82, 2.24) is 10.2 Å². The Bertz CT molecular complexity index is 2110. The highest BCUT2D eigenvalue weighted by atomic mass is 35.5. The van der Waals surface area contributed by atoms with Gasteiger partial charge in [-0.1, -0.05) is 103 Å². The molecule has 0 bridgehead atoms. The van der Waals surface area contributed by atoms with Crippen LogP contribution in [-0.4, -0.2) is 46.5 Å². The van der Waals surface area contributed by atoms with Gasteiger partial charge in [-0.25, -0.2) is 4.79 Å². The minimum Gasteiger partial charge on any atom is -0.485 e. The van der Waals surface area contributed by atoms with Crippen molar-refractivity contribution in [2.24, 2.45) is 0 Å². The molecular formula is C41H34Cl2N2O6S2. The number of thiophene rings is 1. The van der Waals surface area contributed by atoms with Gasteiger partial charge in [0.05, 0.1) is 11.4 Å². The lowest BCUT2D eigenvalue weighted by molar-refractivity contribution is -0.154. The zero-order valence-corrected chi connectivity index (χ0v) is 31.6. The standard InChI is InChI=1S/C41H34Cl2N2O6S2/c1-2-25-15-17-32(31(43)20-25)50-33-18-16-29(42)21-34(33)49-23-28-24-53-40-36(44-35(46)22-30-14-9-19-52-30)39(47)45(40)37(28)41(48)51-38(26-10-5-3-6-11-26)27-12-7-4-8-13-27/h3-21,36,38,40H,2,22-24H2,1H3,(H,44,46). The summed E-state index contributed by atoms with van der Waals surface area (Å²) in [6.45, 7) is 1.96. The first kappa shape index (κ1) is 36.6. The average Bonchev–Trinajstić information content (AvgIpc) is 3.69. The van der Waals surface area contributed by atoms with Crippen LogP contribution in [0.1, 0.15) is 34.6 Å². The average molecular weight is 786 g/mol. The van der Waals surface area contributed by atoms with Crippen LogP contribution < -0.4 is 14.8 Å². The van der Waals surface area contributed by atoms with Gasteiger partial charge in [0.15, 0.2) is 17.6 Å². The van der Waals surface area contributed by atoms with Crippen LogP contribution in [0.5, 0.6) is 17.2 Å². The number of β-lactam (4-membered cyclic amide) rings is 1. The molecule has 2 amide bonds. The Labute approximate surface area is 325 Å². The van der Waals surface area contributed by atoms with Crippen molar-refractivity contribution in [2.75, 3.05) is 12.4 Å². The van der Waals surface area contributed by atoms with Crippen LogP contribution in [-0.2, 0) is 32.0 Å². The second-order valence-electron chi connectivity index (χ2n) is 12.4. The predicted molar refractivity (Wildman–Crippen MR) is 209 cm³/mol. The molecule has 270 valence electrons. The Morgan fingerprint density at radius 1 is 0.887 bits per heavy atom. The molecule has 0 aliphatic carbocycles. The number of benzene rings is 4. The monoisotopic (exact) mass is 784 g/mol. The summed E-state index contributed by atoms with van der Waals surface area (Å²) in [5.41, 5.74) is 3.23. The summed E-state index contributed by atoms with van der Waals surface area (Å²) in [4.78, 5) is 43.5. The van der Waals surface area contributed by atoms with E-state index >= 15 is 0 Å². The number of halogens is 2. The lowest BCUT2D eigenvalue weighted by atomic mass is 10.0. The molecule has 1 aromatic heterocycles. The van der Waals surface area contributed by atoms with Crippen LogP contribution in [0, 0.1) is 0 Å². The number of nitrogens with one attached hydrogen (secondary N) is 1. The zero-order valence-electron chi connectivity index (χ0n) is 28.5. The zero-order chi connectivity index (χ0) is 36.9. The number of aryl methyl sites for hydroxylation is 1. The molecule has 3 heterocycles. The van der Waals surface area contributed by atoms with Gasteiger partial charge >= 0.3 is 5.97 Å². The predicted octanol–water partition coefficient (Wildman–Crippen LogP) is 9.02. The lowest BCUT2D eigenvalue weighted by Gasteiger charge is -2.49. The van der Waals surface area contributed by atoms with Crippen molar-refractivity contribution in [3.8, 4) is 17.2 Å². The van der Waals surface area contributed by atoms with Crippen molar-refractivity contribution in [2.45, 2.75) is 37.3 Å². The maximum absolute atomic E-state index is 14.4. The molecule has 12 heteroatoms. The first-order valence-electron chi connectivity index (χ1n) is 17.0. The highest BCUT2D eigenvalue weighted by Crippen LogP contribution is 2.43. The molecule has 2 unspecified atom stereocenters. The minimum atomic E-state index is -0.798. The van der Waals surface area contributed by atoms with E-state index in [4.69, 9.17) is 37.4 Å². The fourth-order valence-corrected chi connectivity index (χ4v) is 8.57. The number of rotatable bonds is 13. The van der Waals surface area contributed by atoms with Gasteiger partial charge in [0.1, 0.15) is 29.5 Å². The molecule has 4 aromatic carbocycles. The number of esters is 1. The molecular weight excluding hydrogens is 751 g/mol. The number of hydrogen-bond acceptors (Lipinski definition) is 8. The first-order chi connectivity index (χ1) is 25.8. The molecule has 7 rings (SSSR count). The van der Waals surface area contributed by atoms with Crippen molar-refractivity contribution in [1.29, 1.82) is 0 Å². The number of amides is 2. The second kappa shape index (κ2) is 16.5. The Balaban J connectivity index is 1.18. The molecule has 5 aromatic rings. The van der Waals surface area contributed by atoms with Crippen LogP contribution >= 0.6 is 46.3 Å². The van der Waals surface area contributed by atoms with Crippen LogP contribution in [0.25, 0.3) is 0 Å². The second-order valence-corrected chi connectivity index (χ2v) is 15.4. The van der Waals surface area contributed by atoms with E-state index in [0.29, 0.717) is 38.6 Å². The Kier molecular flexibility index (Phi) is 11.4. The maximum Gasteiger partial charge on any atom is 0.356 e. The van der Waals surface area contributed by atoms with Crippen molar-refractivity contribution < 1.29 is 28.6 Å². The molecule has 1 N–H and O–H groups in total. The van der Waals surface area contributed by atoms with E-state index in [0.717, 1.165) is 28.0 Å². The third kappa shape index (κ3) is 8.26. The molecule has 2 aliphatic heterocycles. The van der Waals surface area contributed by atoms with E-state index in [2.05, 4.69) is 5.32 Å². The maximum atomic E-state index is 14.4. The van der Waals surface area contributed by atoms with Crippen LogP contribution in [0.4, 0.5) is 0 Å². The highest BCUT2D eigenvalue weighted by molar-refractivity contribution is 8.00. The van der Waals surface area contributed by atoms with Crippen LogP contribution in [0.2, 0.25) is 10.0 Å².